The predicted octanol–water partition coefficient (Wildman–Crippen LogP) is 4.71. The number of nitrogens with zero attached hydrogens (tertiary/aromatic N) is 2. The smallest absolute Gasteiger partial charge is 0.243 e. The Morgan fingerprint density at radius 2 is 1.83 bits per heavy atom. The minimum Gasteiger partial charge on any atom is -0.395 e. The predicted molar refractivity (Wildman–Crippen MR) is 139 cm³/mol. The van der Waals surface area contributed by atoms with Crippen LogP contribution in [0.25, 0.3) is 11.3 Å². The number of rotatable bonds is 7. The van der Waals surface area contributed by atoms with Gasteiger partial charge in [-0.3, -0.25) is 4.79 Å². The van der Waals surface area contributed by atoms with E-state index in [9.17, 15) is 18.3 Å². The summed E-state index contributed by atoms with van der Waals surface area (Å²) < 4.78 is 27.4. The molecule has 2 heterocycles. The molecule has 2 aromatic carbocycles. The highest BCUT2D eigenvalue weighted by Crippen LogP contribution is 2.49. The van der Waals surface area contributed by atoms with Gasteiger partial charge in [-0.15, -0.1) is 0 Å². The molecule has 1 aliphatic carbocycles. The summed E-state index contributed by atoms with van der Waals surface area (Å²) in [6, 6.07) is 18.9. The zero-order valence-corrected chi connectivity index (χ0v) is 20.6. The van der Waals surface area contributed by atoms with E-state index in [4.69, 9.17) is 11.6 Å². The van der Waals surface area contributed by atoms with Crippen LogP contribution in [0.2, 0.25) is 5.02 Å². The molecule has 2 fully saturated rings. The Kier molecular flexibility index (Phi) is 6.40. The molecule has 35 heavy (non-hydrogen) atoms. The molecule has 3 aromatic rings. The van der Waals surface area contributed by atoms with Gasteiger partial charge in [-0.05, 0) is 67.6 Å². The highest BCUT2D eigenvalue weighted by Gasteiger charge is 2.51. The number of amides is 1. The van der Waals surface area contributed by atoms with Crippen LogP contribution in [0.15, 0.2) is 71.6 Å². The number of aromatic nitrogens is 1. The lowest BCUT2D eigenvalue weighted by Crippen LogP contribution is -2.37. The highest BCUT2D eigenvalue weighted by molar-refractivity contribution is 7.89. The van der Waals surface area contributed by atoms with Gasteiger partial charge in [0, 0.05) is 26.0 Å². The molecule has 5 rings (SSSR count). The summed E-state index contributed by atoms with van der Waals surface area (Å²) in [7, 11) is -3.67. The number of benzene rings is 2. The third-order valence-electron chi connectivity index (χ3n) is 6.86. The van der Waals surface area contributed by atoms with Crippen molar-refractivity contribution in [3.63, 3.8) is 0 Å². The number of aliphatic hydroxyl groups excluding tert-OH is 1. The fourth-order valence-corrected chi connectivity index (χ4v) is 6.49. The molecular weight excluding hydrogens is 486 g/mol. The summed E-state index contributed by atoms with van der Waals surface area (Å²) in [4.78, 5) is 17.9. The van der Waals surface area contributed by atoms with Gasteiger partial charge in [0.1, 0.15) is 5.82 Å². The van der Waals surface area contributed by atoms with Crippen molar-refractivity contribution in [3.8, 4) is 11.3 Å². The third kappa shape index (κ3) is 4.59. The van der Waals surface area contributed by atoms with Crippen LogP contribution >= 0.6 is 11.6 Å². The molecule has 9 heteroatoms. The van der Waals surface area contributed by atoms with Crippen LogP contribution < -0.4 is 5.32 Å². The van der Waals surface area contributed by atoms with Gasteiger partial charge >= 0.3 is 0 Å². The van der Waals surface area contributed by atoms with Gasteiger partial charge in [0.25, 0.3) is 0 Å². The number of carbonyl (C=O) groups excluding carboxylic acids is 1. The van der Waals surface area contributed by atoms with Gasteiger partial charge in [-0.25, -0.2) is 13.4 Å². The maximum atomic E-state index is 13.1. The van der Waals surface area contributed by atoms with Crippen LogP contribution in [-0.4, -0.2) is 47.9 Å². The Bertz CT molecular complexity index is 1350. The molecule has 0 bridgehead atoms. The van der Waals surface area contributed by atoms with E-state index in [1.54, 1.807) is 48.5 Å². The molecule has 0 spiro atoms. The first-order valence-electron chi connectivity index (χ1n) is 11.6. The Balaban J connectivity index is 0.00000190. The number of nitrogens with one attached hydrogen (secondary N) is 1. The molecule has 1 atom stereocenters. The SMILES string of the molecule is O=C(Nc1cccc(-c2ccc(S(=O)(=O)N3CCC[C@@H]3CO)cc2)n1)C1(c2ccc(Cl)cc2)CC1.[HH].[HH]. The van der Waals surface area contributed by atoms with Crippen LogP contribution in [0, 0.1) is 0 Å². The van der Waals surface area contributed by atoms with Gasteiger partial charge in [-0.1, -0.05) is 41.9 Å². The van der Waals surface area contributed by atoms with E-state index in [-0.39, 0.29) is 26.3 Å². The molecule has 186 valence electrons. The Hall–Kier alpha value is -2.78. The van der Waals surface area contributed by atoms with Gasteiger partial charge in [0.2, 0.25) is 15.9 Å². The van der Waals surface area contributed by atoms with E-state index in [2.05, 4.69) is 10.3 Å². The maximum absolute atomic E-state index is 13.1. The Labute approximate surface area is 212 Å². The van der Waals surface area contributed by atoms with Crippen LogP contribution in [0.1, 0.15) is 34.1 Å². The van der Waals surface area contributed by atoms with Gasteiger partial charge < -0.3 is 10.4 Å². The first kappa shape index (κ1) is 23.9. The van der Waals surface area contributed by atoms with E-state index >= 15 is 0 Å². The van der Waals surface area contributed by atoms with Crippen LogP contribution in [0.5, 0.6) is 0 Å². The molecule has 1 saturated heterocycles. The van der Waals surface area contributed by atoms with Crippen LogP contribution in [0.4, 0.5) is 5.82 Å². The highest BCUT2D eigenvalue weighted by atomic mass is 35.5. The van der Waals surface area contributed by atoms with E-state index in [0.29, 0.717) is 29.5 Å². The van der Waals surface area contributed by atoms with Crippen molar-refractivity contribution in [2.45, 2.75) is 42.0 Å². The van der Waals surface area contributed by atoms with Crippen molar-refractivity contribution >= 4 is 33.3 Å². The molecule has 1 saturated carbocycles. The number of hydrogen-bond donors (Lipinski definition) is 2. The molecule has 0 unspecified atom stereocenters. The van der Waals surface area contributed by atoms with Crippen molar-refractivity contribution < 1.29 is 21.2 Å². The first-order valence-corrected chi connectivity index (χ1v) is 13.4. The van der Waals surface area contributed by atoms with E-state index in [1.165, 1.54) is 4.31 Å². The molecule has 1 aromatic heterocycles. The fourth-order valence-electron chi connectivity index (χ4n) is 4.68. The van der Waals surface area contributed by atoms with E-state index < -0.39 is 15.4 Å². The van der Waals surface area contributed by atoms with Crippen molar-refractivity contribution in [2.24, 2.45) is 0 Å². The van der Waals surface area contributed by atoms with E-state index in [0.717, 1.165) is 30.4 Å². The summed E-state index contributed by atoms with van der Waals surface area (Å²) in [6.45, 7) is 0.231. The van der Waals surface area contributed by atoms with Crippen LogP contribution in [0.3, 0.4) is 0 Å². The number of pyridine rings is 1. The lowest BCUT2D eigenvalue weighted by Gasteiger charge is -2.22. The lowest BCUT2D eigenvalue weighted by atomic mass is 9.95. The molecule has 2 N–H and O–H groups in total. The molecule has 2 aliphatic rings. The minimum absolute atomic E-state index is 0. The van der Waals surface area contributed by atoms with Gasteiger partial charge in [0.15, 0.2) is 0 Å². The first-order chi connectivity index (χ1) is 16.8. The number of aliphatic hydroxyl groups is 1. The van der Waals surface area contributed by atoms with Crippen molar-refractivity contribution in [3.05, 3.63) is 77.3 Å². The molecule has 1 aliphatic heterocycles. The number of sulfonamides is 1. The van der Waals surface area contributed by atoms with Crippen molar-refractivity contribution in [1.82, 2.24) is 9.29 Å². The zero-order chi connectivity index (χ0) is 24.6. The summed E-state index contributed by atoms with van der Waals surface area (Å²) in [5, 5.41) is 13.1. The second-order valence-corrected chi connectivity index (χ2v) is 11.4. The third-order valence-corrected chi connectivity index (χ3v) is 9.08. The zero-order valence-electron chi connectivity index (χ0n) is 19.0. The van der Waals surface area contributed by atoms with Gasteiger partial charge in [-0.2, -0.15) is 4.31 Å². The van der Waals surface area contributed by atoms with Gasteiger partial charge in [0.05, 0.1) is 22.6 Å². The number of hydrogen-bond acceptors (Lipinski definition) is 5. The van der Waals surface area contributed by atoms with Crippen LogP contribution in [-0.2, 0) is 20.2 Å². The number of carbonyl (C=O) groups is 1. The second-order valence-electron chi connectivity index (χ2n) is 9.07. The minimum atomic E-state index is -3.67. The molecular formula is C26H30ClN3O4S. The molecule has 7 nitrogen and oxygen atoms in total. The largest absolute Gasteiger partial charge is 0.395 e. The normalized spacial score (nSPS) is 19.4. The number of halogens is 1. The Morgan fingerprint density at radius 1 is 1.11 bits per heavy atom. The maximum Gasteiger partial charge on any atom is 0.243 e. The fraction of sp³-hybridized carbons (Fsp3) is 0.308. The standard InChI is InChI=1S/C26H26ClN3O4S.2H2/c27-20-10-8-19(9-11-20)26(14-15-26)25(32)29-24-5-1-4-23(28-24)18-6-12-22(13-7-18)35(33,34)30-16-2-3-21(30)17-31;;/h1,4-13,21,31H,2-3,14-17H2,(H,28,29,32);2*1H/t21-;;/m1../s1. The number of anilines is 1. The van der Waals surface area contributed by atoms with Crippen molar-refractivity contribution in [2.75, 3.05) is 18.5 Å². The van der Waals surface area contributed by atoms with E-state index in [1.807, 2.05) is 18.2 Å². The average molecular weight is 516 g/mol. The quantitative estimate of drug-likeness (QED) is 0.474. The van der Waals surface area contributed by atoms with Crippen molar-refractivity contribution in [1.29, 1.82) is 0 Å². The summed E-state index contributed by atoms with van der Waals surface area (Å²) in [6.07, 6.45) is 2.94. The summed E-state index contributed by atoms with van der Waals surface area (Å²) >= 11 is 5.99. The topological polar surface area (TPSA) is 99.6 Å². The Morgan fingerprint density at radius 3 is 2.49 bits per heavy atom. The monoisotopic (exact) mass is 515 g/mol. The molecule has 0 radical (unpaired) electrons. The second kappa shape index (κ2) is 9.35. The average Bonchev–Trinajstić information content (AvgIpc) is 3.54. The summed E-state index contributed by atoms with van der Waals surface area (Å²) in [5.74, 6) is 0.335. The lowest BCUT2D eigenvalue weighted by molar-refractivity contribution is -0.118. The molecule has 1 amide bonds. The summed E-state index contributed by atoms with van der Waals surface area (Å²) in [5.41, 5.74) is 1.74.